The Morgan fingerprint density at radius 1 is 1.00 bits per heavy atom. The molecule has 0 radical (unpaired) electrons. The van der Waals surface area contributed by atoms with E-state index in [1.807, 2.05) is 19.9 Å². The number of aryl methyl sites for hydroxylation is 2. The van der Waals surface area contributed by atoms with Crippen LogP contribution in [0.3, 0.4) is 0 Å². The van der Waals surface area contributed by atoms with E-state index in [4.69, 9.17) is 23.2 Å². The second-order valence-electron chi connectivity index (χ2n) is 7.83. The van der Waals surface area contributed by atoms with Crippen molar-refractivity contribution in [2.24, 2.45) is 0 Å². The van der Waals surface area contributed by atoms with Crippen molar-refractivity contribution < 1.29 is 13.2 Å². The van der Waals surface area contributed by atoms with Crippen LogP contribution in [0.2, 0.25) is 10.0 Å². The molecule has 3 aromatic carbocycles. The molecule has 0 atom stereocenters. The van der Waals surface area contributed by atoms with E-state index < -0.39 is 15.9 Å². The highest BCUT2D eigenvalue weighted by Gasteiger charge is 2.20. The van der Waals surface area contributed by atoms with E-state index in [2.05, 4.69) is 9.71 Å². The standard InChI is InChI=1S/C25H22Cl2N2O3S/c1-3-16-4-9-20(10-5-16)33(31,32)29-25(30)18-7-11-24-22(13-18)21(15(2)28-24)12-17-6-8-19(26)14-23(17)27/h4-11,13-14,28H,3,12H2,1-2H3,(H,29,30). The lowest BCUT2D eigenvalue weighted by Crippen LogP contribution is -2.30. The fourth-order valence-corrected chi connectivity index (χ4v) is 5.20. The number of aromatic amines is 1. The normalized spacial score (nSPS) is 11.6. The highest BCUT2D eigenvalue weighted by Crippen LogP contribution is 2.29. The second-order valence-corrected chi connectivity index (χ2v) is 10.4. The molecule has 1 heterocycles. The van der Waals surface area contributed by atoms with Crippen LogP contribution in [0.5, 0.6) is 0 Å². The summed E-state index contributed by atoms with van der Waals surface area (Å²) < 4.78 is 27.6. The molecule has 0 saturated carbocycles. The van der Waals surface area contributed by atoms with Gasteiger partial charge in [-0.3, -0.25) is 4.79 Å². The van der Waals surface area contributed by atoms with Crippen LogP contribution in [0.4, 0.5) is 0 Å². The first kappa shape index (κ1) is 23.4. The van der Waals surface area contributed by atoms with Gasteiger partial charge in [0.1, 0.15) is 0 Å². The molecule has 33 heavy (non-hydrogen) atoms. The molecule has 1 amide bonds. The fraction of sp³-hybridized carbons (Fsp3) is 0.160. The summed E-state index contributed by atoms with van der Waals surface area (Å²) in [6.07, 6.45) is 1.33. The number of nitrogens with one attached hydrogen (secondary N) is 2. The molecule has 2 N–H and O–H groups in total. The summed E-state index contributed by atoms with van der Waals surface area (Å²) in [5, 5.41) is 1.95. The fourth-order valence-electron chi connectivity index (χ4n) is 3.75. The van der Waals surface area contributed by atoms with Crippen molar-refractivity contribution in [3.63, 3.8) is 0 Å². The van der Waals surface area contributed by atoms with Gasteiger partial charge in [0.15, 0.2) is 0 Å². The average molecular weight is 501 g/mol. The van der Waals surface area contributed by atoms with Gasteiger partial charge in [-0.25, -0.2) is 13.1 Å². The molecule has 0 fully saturated rings. The number of fused-ring (bicyclic) bond motifs is 1. The summed E-state index contributed by atoms with van der Waals surface area (Å²) in [7, 11) is -3.99. The molecule has 0 spiro atoms. The molecular weight excluding hydrogens is 479 g/mol. The molecule has 0 saturated heterocycles. The lowest BCUT2D eigenvalue weighted by atomic mass is 10.0. The number of hydrogen-bond donors (Lipinski definition) is 2. The third-order valence-electron chi connectivity index (χ3n) is 5.63. The van der Waals surface area contributed by atoms with Crippen molar-refractivity contribution in [2.45, 2.75) is 31.6 Å². The number of benzene rings is 3. The first-order chi connectivity index (χ1) is 15.7. The SMILES string of the molecule is CCc1ccc(S(=O)(=O)NC(=O)c2ccc3[nH]c(C)c(Cc4ccc(Cl)cc4Cl)c3c2)cc1. The topological polar surface area (TPSA) is 79.0 Å². The predicted octanol–water partition coefficient (Wildman–Crippen LogP) is 6.06. The van der Waals surface area contributed by atoms with Crippen molar-refractivity contribution in [3.05, 3.63) is 98.7 Å². The zero-order valence-corrected chi connectivity index (χ0v) is 20.4. The summed E-state index contributed by atoms with van der Waals surface area (Å²) in [4.78, 5) is 16.2. The van der Waals surface area contributed by atoms with E-state index in [9.17, 15) is 13.2 Å². The summed E-state index contributed by atoms with van der Waals surface area (Å²) >= 11 is 12.4. The predicted molar refractivity (Wildman–Crippen MR) is 133 cm³/mol. The minimum Gasteiger partial charge on any atom is -0.358 e. The number of aromatic nitrogens is 1. The number of halogens is 2. The lowest BCUT2D eigenvalue weighted by molar-refractivity contribution is 0.0981. The van der Waals surface area contributed by atoms with Crippen LogP contribution < -0.4 is 4.72 Å². The van der Waals surface area contributed by atoms with Gasteiger partial charge in [-0.2, -0.15) is 0 Å². The Hall–Kier alpha value is -2.80. The maximum atomic E-state index is 12.8. The molecule has 1 aromatic heterocycles. The highest BCUT2D eigenvalue weighted by molar-refractivity contribution is 7.90. The van der Waals surface area contributed by atoms with Gasteiger partial charge in [-0.05, 0) is 72.5 Å². The van der Waals surface area contributed by atoms with Gasteiger partial charge in [-0.15, -0.1) is 0 Å². The zero-order valence-electron chi connectivity index (χ0n) is 18.1. The molecule has 170 valence electrons. The monoisotopic (exact) mass is 500 g/mol. The van der Waals surface area contributed by atoms with Gasteiger partial charge in [-0.1, -0.05) is 48.3 Å². The van der Waals surface area contributed by atoms with Gasteiger partial charge in [0.05, 0.1) is 4.90 Å². The van der Waals surface area contributed by atoms with Crippen molar-refractivity contribution in [1.82, 2.24) is 9.71 Å². The first-order valence-corrected chi connectivity index (χ1v) is 12.6. The molecule has 0 unspecified atom stereocenters. The Morgan fingerprint density at radius 2 is 1.73 bits per heavy atom. The van der Waals surface area contributed by atoms with E-state index in [0.29, 0.717) is 16.5 Å². The second kappa shape index (κ2) is 9.21. The Balaban J connectivity index is 1.64. The number of carbonyl (C=O) groups excluding carboxylic acids is 1. The molecule has 5 nitrogen and oxygen atoms in total. The van der Waals surface area contributed by atoms with Crippen LogP contribution in [0.1, 0.15) is 39.7 Å². The van der Waals surface area contributed by atoms with Crippen LogP contribution in [0, 0.1) is 6.92 Å². The van der Waals surface area contributed by atoms with Gasteiger partial charge in [0, 0.05) is 38.6 Å². The third kappa shape index (κ3) is 4.93. The molecular formula is C25H22Cl2N2O3S. The van der Waals surface area contributed by atoms with Gasteiger partial charge in [0.25, 0.3) is 15.9 Å². The highest BCUT2D eigenvalue weighted by atomic mass is 35.5. The van der Waals surface area contributed by atoms with Gasteiger partial charge in [0.2, 0.25) is 0 Å². The Kier molecular flexibility index (Phi) is 6.52. The number of carbonyl (C=O) groups is 1. The third-order valence-corrected chi connectivity index (χ3v) is 7.57. The van der Waals surface area contributed by atoms with E-state index in [-0.39, 0.29) is 10.5 Å². The smallest absolute Gasteiger partial charge is 0.265 e. The maximum Gasteiger partial charge on any atom is 0.265 e. The molecule has 0 aliphatic rings. The van der Waals surface area contributed by atoms with Crippen LogP contribution in [-0.4, -0.2) is 19.3 Å². The Morgan fingerprint density at radius 3 is 2.39 bits per heavy atom. The summed E-state index contributed by atoms with van der Waals surface area (Å²) in [5.74, 6) is -0.689. The number of sulfonamides is 1. The van der Waals surface area contributed by atoms with Crippen molar-refractivity contribution in [1.29, 1.82) is 0 Å². The van der Waals surface area contributed by atoms with Crippen LogP contribution in [0.25, 0.3) is 10.9 Å². The zero-order chi connectivity index (χ0) is 23.8. The largest absolute Gasteiger partial charge is 0.358 e. The first-order valence-electron chi connectivity index (χ1n) is 10.4. The summed E-state index contributed by atoms with van der Waals surface area (Å²) in [6, 6.07) is 16.9. The Bertz CT molecular complexity index is 1460. The quantitative estimate of drug-likeness (QED) is 0.337. The van der Waals surface area contributed by atoms with E-state index >= 15 is 0 Å². The molecule has 0 aliphatic carbocycles. The number of amides is 1. The van der Waals surface area contributed by atoms with Crippen LogP contribution >= 0.6 is 23.2 Å². The summed E-state index contributed by atoms with van der Waals surface area (Å²) in [6.45, 7) is 3.93. The van der Waals surface area contributed by atoms with Crippen molar-refractivity contribution in [2.75, 3.05) is 0 Å². The number of hydrogen-bond acceptors (Lipinski definition) is 3. The number of rotatable bonds is 6. The molecule has 4 aromatic rings. The van der Waals surface area contributed by atoms with Gasteiger partial charge < -0.3 is 4.98 Å². The lowest BCUT2D eigenvalue weighted by Gasteiger charge is -2.09. The molecule has 8 heteroatoms. The van der Waals surface area contributed by atoms with Crippen LogP contribution in [0.15, 0.2) is 65.6 Å². The van der Waals surface area contributed by atoms with Crippen molar-refractivity contribution in [3.8, 4) is 0 Å². The molecule has 0 aliphatic heterocycles. The maximum absolute atomic E-state index is 12.8. The van der Waals surface area contributed by atoms with Crippen molar-refractivity contribution >= 4 is 50.0 Å². The van der Waals surface area contributed by atoms with Gasteiger partial charge >= 0.3 is 0 Å². The van der Waals surface area contributed by atoms with E-state index in [0.717, 1.165) is 39.7 Å². The van der Waals surface area contributed by atoms with E-state index in [1.54, 1.807) is 42.5 Å². The minimum atomic E-state index is -3.99. The Labute approximate surface area is 202 Å². The van der Waals surface area contributed by atoms with E-state index in [1.165, 1.54) is 12.1 Å². The molecule has 4 rings (SSSR count). The number of H-pyrrole nitrogens is 1. The summed E-state index contributed by atoms with van der Waals surface area (Å²) in [5.41, 5.74) is 4.93. The van der Waals surface area contributed by atoms with Crippen LogP contribution in [-0.2, 0) is 22.9 Å². The minimum absolute atomic E-state index is 0.0460. The average Bonchev–Trinajstić information content (AvgIpc) is 3.09. The molecule has 0 bridgehead atoms.